The summed E-state index contributed by atoms with van der Waals surface area (Å²) in [4.78, 5) is 14.4. The standard InChI is InChI=1S/C17H22N2O2/c1-2-18-11-12-3-4-14(9-12)21-15-5-6-16-13(10-15)7-8-19-17(16)20/h5-8,10,12,14,18H,2-4,9,11H2,1H3,(H,19,20)/t12-,14-/m1/s1. The Bertz CT molecular complexity index is 665. The summed E-state index contributed by atoms with van der Waals surface area (Å²) in [6.07, 6.45) is 5.43. The predicted molar refractivity (Wildman–Crippen MR) is 84.9 cm³/mol. The van der Waals surface area contributed by atoms with Gasteiger partial charge in [-0.25, -0.2) is 0 Å². The zero-order valence-electron chi connectivity index (χ0n) is 12.4. The quantitative estimate of drug-likeness (QED) is 0.888. The first-order valence-electron chi connectivity index (χ1n) is 7.75. The van der Waals surface area contributed by atoms with E-state index in [1.165, 1.54) is 6.42 Å². The number of H-pyrrole nitrogens is 1. The lowest BCUT2D eigenvalue weighted by atomic mass is 10.1. The summed E-state index contributed by atoms with van der Waals surface area (Å²) in [6, 6.07) is 7.61. The molecule has 0 unspecified atom stereocenters. The molecule has 1 aliphatic carbocycles. The Labute approximate surface area is 124 Å². The molecule has 4 heteroatoms. The number of nitrogens with one attached hydrogen (secondary N) is 2. The van der Waals surface area contributed by atoms with E-state index in [-0.39, 0.29) is 5.56 Å². The van der Waals surface area contributed by atoms with E-state index in [1.807, 2.05) is 24.3 Å². The lowest BCUT2D eigenvalue weighted by molar-refractivity contribution is 0.204. The summed E-state index contributed by atoms with van der Waals surface area (Å²) in [5.41, 5.74) is -0.0504. The van der Waals surface area contributed by atoms with Gasteiger partial charge in [-0.15, -0.1) is 0 Å². The molecule has 0 radical (unpaired) electrons. The van der Waals surface area contributed by atoms with Crippen molar-refractivity contribution in [2.45, 2.75) is 32.3 Å². The van der Waals surface area contributed by atoms with Gasteiger partial charge in [0.15, 0.2) is 0 Å². The van der Waals surface area contributed by atoms with Crippen LogP contribution in [0.2, 0.25) is 0 Å². The average Bonchev–Trinajstić information content (AvgIpc) is 2.93. The molecule has 21 heavy (non-hydrogen) atoms. The van der Waals surface area contributed by atoms with Crippen molar-refractivity contribution in [3.63, 3.8) is 0 Å². The minimum Gasteiger partial charge on any atom is -0.490 e. The molecule has 0 aliphatic heterocycles. The minimum atomic E-state index is -0.0504. The van der Waals surface area contributed by atoms with Crippen LogP contribution in [0.5, 0.6) is 5.75 Å². The number of benzene rings is 1. The van der Waals surface area contributed by atoms with Crippen LogP contribution >= 0.6 is 0 Å². The minimum absolute atomic E-state index is 0.0504. The summed E-state index contributed by atoms with van der Waals surface area (Å²) in [6.45, 7) is 4.25. The zero-order valence-corrected chi connectivity index (χ0v) is 12.4. The van der Waals surface area contributed by atoms with Crippen molar-refractivity contribution >= 4 is 10.8 Å². The van der Waals surface area contributed by atoms with Crippen LogP contribution in [0.15, 0.2) is 35.3 Å². The molecular formula is C17H22N2O2. The predicted octanol–water partition coefficient (Wildman–Crippen LogP) is 2.69. The van der Waals surface area contributed by atoms with E-state index in [0.29, 0.717) is 11.5 Å². The molecule has 1 aliphatic rings. The number of pyridine rings is 1. The van der Waals surface area contributed by atoms with Gasteiger partial charge in [0.2, 0.25) is 0 Å². The van der Waals surface area contributed by atoms with Crippen LogP contribution in [-0.2, 0) is 0 Å². The summed E-state index contributed by atoms with van der Waals surface area (Å²) < 4.78 is 6.09. The Morgan fingerprint density at radius 2 is 2.24 bits per heavy atom. The Morgan fingerprint density at radius 3 is 3.10 bits per heavy atom. The first-order valence-corrected chi connectivity index (χ1v) is 7.75. The normalized spacial score (nSPS) is 21.8. The highest BCUT2D eigenvalue weighted by molar-refractivity contribution is 5.82. The zero-order chi connectivity index (χ0) is 14.7. The van der Waals surface area contributed by atoms with E-state index in [9.17, 15) is 4.79 Å². The number of fused-ring (bicyclic) bond motifs is 1. The van der Waals surface area contributed by atoms with Crippen LogP contribution < -0.4 is 15.6 Å². The second kappa shape index (κ2) is 6.31. The van der Waals surface area contributed by atoms with Gasteiger partial charge >= 0.3 is 0 Å². The van der Waals surface area contributed by atoms with Crippen LogP contribution in [0.25, 0.3) is 10.8 Å². The summed E-state index contributed by atoms with van der Waals surface area (Å²) in [5.74, 6) is 1.58. The van der Waals surface area contributed by atoms with Crippen molar-refractivity contribution in [2.75, 3.05) is 13.1 Å². The number of ether oxygens (including phenoxy) is 1. The van der Waals surface area contributed by atoms with Gasteiger partial charge in [0.1, 0.15) is 5.75 Å². The smallest absolute Gasteiger partial charge is 0.255 e. The molecule has 112 valence electrons. The van der Waals surface area contributed by atoms with Gasteiger partial charge in [-0.2, -0.15) is 0 Å². The Hall–Kier alpha value is -1.81. The molecule has 0 saturated heterocycles. The second-order valence-corrected chi connectivity index (χ2v) is 5.78. The molecule has 1 saturated carbocycles. The van der Waals surface area contributed by atoms with Crippen LogP contribution in [0.1, 0.15) is 26.2 Å². The number of aromatic amines is 1. The Kier molecular flexibility index (Phi) is 4.25. The van der Waals surface area contributed by atoms with Crippen molar-refractivity contribution in [3.8, 4) is 5.75 Å². The fourth-order valence-corrected chi connectivity index (χ4v) is 3.11. The van der Waals surface area contributed by atoms with E-state index in [2.05, 4.69) is 17.2 Å². The second-order valence-electron chi connectivity index (χ2n) is 5.78. The lowest BCUT2D eigenvalue weighted by Crippen LogP contribution is -2.22. The highest BCUT2D eigenvalue weighted by Crippen LogP contribution is 2.29. The van der Waals surface area contributed by atoms with Gasteiger partial charge in [-0.05, 0) is 67.9 Å². The molecule has 4 nitrogen and oxygen atoms in total. The molecule has 1 aromatic carbocycles. The van der Waals surface area contributed by atoms with Crippen LogP contribution in [0.4, 0.5) is 0 Å². The largest absolute Gasteiger partial charge is 0.490 e. The number of rotatable bonds is 5. The van der Waals surface area contributed by atoms with Crippen molar-refractivity contribution < 1.29 is 4.74 Å². The van der Waals surface area contributed by atoms with Gasteiger partial charge in [-0.3, -0.25) is 4.79 Å². The van der Waals surface area contributed by atoms with Gasteiger partial charge in [0, 0.05) is 11.6 Å². The molecule has 1 fully saturated rings. The number of hydrogen-bond donors (Lipinski definition) is 2. The Morgan fingerprint density at radius 1 is 1.33 bits per heavy atom. The van der Waals surface area contributed by atoms with Crippen molar-refractivity contribution in [3.05, 3.63) is 40.8 Å². The van der Waals surface area contributed by atoms with Gasteiger partial charge in [0.05, 0.1) is 6.10 Å². The highest BCUT2D eigenvalue weighted by atomic mass is 16.5. The number of hydrogen-bond acceptors (Lipinski definition) is 3. The summed E-state index contributed by atoms with van der Waals surface area (Å²) in [7, 11) is 0. The van der Waals surface area contributed by atoms with Gasteiger partial charge in [-0.1, -0.05) is 6.92 Å². The van der Waals surface area contributed by atoms with Crippen LogP contribution in [-0.4, -0.2) is 24.2 Å². The van der Waals surface area contributed by atoms with Crippen molar-refractivity contribution in [2.24, 2.45) is 5.92 Å². The molecule has 2 aromatic rings. The number of aromatic nitrogens is 1. The van der Waals surface area contributed by atoms with E-state index in [0.717, 1.165) is 43.0 Å². The molecule has 0 bridgehead atoms. The third-order valence-electron chi connectivity index (χ3n) is 4.22. The molecule has 2 N–H and O–H groups in total. The maximum absolute atomic E-state index is 11.7. The SMILES string of the molecule is CCNC[C@@H]1CC[C@@H](Oc2ccc3c(=O)[nH]ccc3c2)C1. The van der Waals surface area contributed by atoms with Gasteiger partial charge < -0.3 is 15.0 Å². The first-order chi connectivity index (χ1) is 10.3. The molecule has 1 aromatic heterocycles. The first kappa shape index (κ1) is 14.1. The summed E-state index contributed by atoms with van der Waals surface area (Å²) in [5, 5.41) is 5.05. The monoisotopic (exact) mass is 286 g/mol. The molecule has 2 atom stereocenters. The van der Waals surface area contributed by atoms with Gasteiger partial charge in [0.25, 0.3) is 5.56 Å². The Balaban J connectivity index is 1.67. The van der Waals surface area contributed by atoms with Crippen molar-refractivity contribution in [1.82, 2.24) is 10.3 Å². The highest BCUT2D eigenvalue weighted by Gasteiger charge is 2.25. The molecule has 0 amide bonds. The molecule has 3 rings (SSSR count). The summed E-state index contributed by atoms with van der Waals surface area (Å²) >= 11 is 0. The van der Waals surface area contributed by atoms with Crippen molar-refractivity contribution in [1.29, 1.82) is 0 Å². The maximum Gasteiger partial charge on any atom is 0.255 e. The third kappa shape index (κ3) is 3.27. The van der Waals surface area contributed by atoms with E-state index in [1.54, 1.807) is 6.20 Å². The molecule has 1 heterocycles. The molecule has 0 spiro atoms. The maximum atomic E-state index is 11.7. The molecular weight excluding hydrogens is 264 g/mol. The fourth-order valence-electron chi connectivity index (χ4n) is 3.11. The van der Waals surface area contributed by atoms with E-state index >= 15 is 0 Å². The topological polar surface area (TPSA) is 54.1 Å². The van der Waals surface area contributed by atoms with E-state index < -0.39 is 0 Å². The fraction of sp³-hybridized carbons (Fsp3) is 0.471. The average molecular weight is 286 g/mol. The third-order valence-corrected chi connectivity index (χ3v) is 4.22. The van der Waals surface area contributed by atoms with E-state index in [4.69, 9.17) is 4.74 Å². The van der Waals surface area contributed by atoms with Crippen LogP contribution in [0.3, 0.4) is 0 Å². The lowest BCUT2D eigenvalue weighted by Gasteiger charge is -2.15. The van der Waals surface area contributed by atoms with Crippen LogP contribution in [0, 0.1) is 5.92 Å².